The Balaban J connectivity index is 1.59. The fourth-order valence-corrected chi connectivity index (χ4v) is 5.40. The first-order valence-corrected chi connectivity index (χ1v) is 14.3. The lowest BCUT2D eigenvalue weighted by Gasteiger charge is -2.39. The molecule has 1 N–H and O–H groups in total. The molecule has 1 unspecified atom stereocenters. The van der Waals surface area contributed by atoms with Crippen molar-refractivity contribution >= 4 is 34.2 Å². The van der Waals surface area contributed by atoms with Crippen molar-refractivity contribution in [1.29, 1.82) is 0 Å². The molecule has 1 saturated heterocycles. The molecule has 4 rings (SSSR count). The molecule has 3 heterocycles. The number of likely N-dealkylation sites (tertiary alicyclic amines) is 1. The third kappa shape index (κ3) is 7.43. The van der Waals surface area contributed by atoms with E-state index in [4.69, 9.17) is 16.6 Å². The number of anilines is 1. The van der Waals surface area contributed by atoms with E-state index in [1.165, 1.54) is 6.92 Å². The fraction of sp³-hybridized carbons (Fsp3) is 0.517. The number of amides is 1. The van der Waals surface area contributed by atoms with Crippen LogP contribution in [0, 0.1) is 0 Å². The summed E-state index contributed by atoms with van der Waals surface area (Å²) in [5, 5.41) is 3.74. The molecule has 0 aliphatic carbocycles. The summed E-state index contributed by atoms with van der Waals surface area (Å²) in [7, 11) is 0. The first kappa shape index (κ1) is 30.9. The number of halogens is 5. The van der Waals surface area contributed by atoms with Gasteiger partial charge in [-0.15, -0.1) is 0 Å². The Morgan fingerprint density at radius 2 is 1.73 bits per heavy atom. The summed E-state index contributed by atoms with van der Waals surface area (Å²) in [5.74, 6) is -0.869. The maximum absolute atomic E-state index is 14.5. The number of fused-ring (bicyclic) bond motifs is 1. The summed E-state index contributed by atoms with van der Waals surface area (Å²) < 4.78 is 53.7. The van der Waals surface area contributed by atoms with Gasteiger partial charge in [-0.2, -0.15) is 13.2 Å². The van der Waals surface area contributed by atoms with E-state index >= 15 is 0 Å². The predicted octanol–water partition coefficient (Wildman–Crippen LogP) is 6.62. The van der Waals surface area contributed by atoms with Gasteiger partial charge in [-0.3, -0.25) is 9.69 Å². The predicted molar refractivity (Wildman–Crippen MR) is 152 cm³/mol. The van der Waals surface area contributed by atoms with Crippen LogP contribution in [0.15, 0.2) is 36.7 Å². The molecule has 7 nitrogen and oxygen atoms in total. The molecule has 222 valence electrons. The average Bonchev–Trinajstić information content (AvgIpc) is 2.93. The molecule has 1 fully saturated rings. The molecule has 0 spiro atoms. The summed E-state index contributed by atoms with van der Waals surface area (Å²) >= 11 is 6.49. The van der Waals surface area contributed by atoms with Crippen molar-refractivity contribution in [3.63, 3.8) is 0 Å². The molecular weight excluding hydrogens is 560 g/mol. The van der Waals surface area contributed by atoms with Gasteiger partial charge in [0.15, 0.2) is 0 Å². The fourth-order valence-electron chi connectivity index (χ4n) is 5.15. The molecule has 12 heteroatoms. The zero-order valence-electron chi connectivity index (χ0n) is 23.4. The first-order chi connectivity index (χ1) is 19.4. The van der Waals surface area contributed by atoms with Crippen molar-refractivity contribution in [3.05, 3.63) is 58.6 Å². The van der Waals surface area contributed by atoms with E-state index in [0.717, 1.165) is 44.1 Å². The number of hydrogen-bond donors (Lipinski definition) is 1. The number of aromatic nitrogens is 3. The molecule has 0 saturated carbocycles. The highest BCUT2D eigenvalue weighted by atomic mass is 35.5. The van der Waals surface area contributed by atoms with Crippen LogP contribution in [0.25, 0.3) is 10.9 Å². The maximum atomic E-state index is 14.5. The van der Waals surface area contributed by atoms with E-state index in [9.17, 15) is 22.4 Å². The van der Waals surface area contributed by atoms with Crippen LogP contribution in [0.5, 0.6) is 0 Å². The molecule has 1 atom stereocenters. The number of pyridine rings is 1. The van der Waals surface area contributed by atoms with Crippen LogP contribution in [0.2, 0.25) is 5.02 Å². The molecule has 1 aliphatic heterocycles. The number of alkyl halides is 4. The van der Waals surface area contributed by atoms with Crippen LogP contribution in [0.3, 0.4) is 0 Å². The Labute approximate surface area is 242 Å². The number of carbonyl (C=O) groups excluding carboxylic acids is 1. The minimum Gasteiger partial charge on any atom is -0.357 e. The third-order valence-corrected chi connectivity index (χ3v) is 7.71. The van der Waals surface area contributed by atoms with E-state index in [-0.39, 0.29) is 30.0 Å². The van der Waals surface area contributed by atoms with E-state index in [1.54, 1.807) is 12.1 Å². The van der Waals surface area contributed by atoms with Crippen molar-refractivity contribution in [3.8, 4) is 0 Å². The lowest BCUT2D eigenvalue weighted by Crippen LogP contribution is -2.45. The van der Waals surface area contributed by atoms with Crippen LogP contribution in [-0.4, -0.2) is 64.2 Å². The first-order valence-electron chi connectivity index (χ1n) is 13.9. The van der Waals surface area contributed by atoms with Gasteiger partial charge in [0.25, 0.3) is 5.91 Å². The van der Waals surface area contributed by atoms with Crippen LogP contribution in [0.1, 0.15) is 74.2 Å². The van der Waals surface area contributed by atoms with Gasteiger partial charge >= 0.3 is 6.18 Å². The molecule has 3 aromatic rings. The Morgan fingerprint density at radius 3 is 2.32 bits per heavy atom. The van der Waals surface area contributed by atoms with Gasteiger partial charge in [0.2, 0.25) is 5.82 Å². The summed E-state index contributed by atoms with van der Waals surface area (Å²) in [6.45, 7) is 8.24. The van der Waals surface area contributed by atoms with E-state index in [2.05, 4.69) is 34.0 Å². The molecule has 2 aromatic heterocycles. The van der Waals surface area contributed by atoms with Crippen molar-refractivity contribution in [2.45, 2.75) is 64.3 Å². The van der Waals surface area contributed by atoms with E-state index in [1.807, 2.05) is 17.0 Å². The second-order valence-corrected chi connectivity index (χ2v) is 11.1. The van der Waals surface area contributed by atoms with Crippen LogP contribution < -0.4 is 10.2 Å². The van der Waals surface area contributed by atoms with Gasteiger partial charge in [-0.1, -0.05) is 25.4 Å². The van der Waals surface area contributed by atoms with Crippen LogP contribution in [-0.2, 0) is 6.18 Å². The van der Waals surface area contributed by atoms with E-state index in [0.29, 0.717) is 29.6 Å². The highest BCUT2D eigenvalue weighted by Gasteiger charge is 2.36. The number of benzene rings is 1. The van der Waals surface area contributed by atoms with Crippen molar-refractivity contribution in [2.75, 3.05) is 37.6 Å². The highest BCUT2D eigenvalue weighted by Crippen LogP contribution is 2.33. The summed E-state index contributed by atoms with van der Waals surface area (Å²) in [5.41, 5.74) is -0.0472. The number of rotatable bonds is 10. The topological polar surface area (TPSA) is 74.2 Å². The Morgan fingerprint density at radius 1 is 1.10 bits per heavy atom. The van der Waals surface area contributed by atoms with Crippen LogP contribution in [0.4, 0.5) is 23.4 Å². The zero-order chi connectivity index (χ0) is 29.8. The number of nitrogens with one attached hydrogen (secondary N) is 1. The van der Waals surface area contributed by atoms with Crippen LogP contribution >= 0.6 is 11.6 Å². The molecule has 41 heavy (non-hydrogen) atoms. The Bertz CT molecular complexity index is 1340. The molecule has 1 aliphatic rings. The van der Waals surface area contributed by atoms with Gasteiger partial charge in [0.1, 0.15) is 11.5 Å². The smallest absolute Gasteiger partial charge is 0.357 e. The van der Waals surface area contributed by atoms with Gasteiger partial charge in [-0.25, -0.2) is 19.3 Å². The molecule has 0 radical (unpaired) electrons. The Hall–Kier alpha value is -3.05. The standard InChI is InChI=1S/C29H35ClF4N6O/c1-4-12-40(13-5-2)24-9-6-20-22(38-24)8-7-21(30)25(20)26(41)35-18-23(39-14-10-28(3,31)11-15-39)19-16-36-27(37-17-19)29(32,33)34/h6-9,16-17,23H,4-5,10-15,18H2,1-3H3,(H,35,41). The normalized spacial score (nSPS) is 16.5. The van der Waals surface area contributed by atoms with E-state index < -0.39 is 29.6 Å². The summed E-state index contributed by atoms with van der Waals surface area (Å²) in [6.07, 6.45) is 0.0213. The highest BCUT2D eigenvalue weighted by molar-refractivity contribution is 6.35. The molecule has 1 amide bonds. The molecule has 1 aromatic carbocycles. The summed E-state index contributed by atoms with van der Waals surface area (Å²) in [6, 6.07) is 6.56. The minimum absolute atomic E-state index is 0.0373. The third-order valence-electron chi connectivity index (χ3n) is 7.39. The number of carbonyl (C=O) groups is 1. The number of nitrogens with zero attached hydrogens (tertiary/aromatic N) is 5. The second-order valence-electron chi connectivity index (χ2n) is 10.7. The quantitative estimate of drug-likeness (QED) is 0.266. The number of piperidine rings is 1. The minimum atomic E-state index is -4.67. The largest absolute Gasteiger partial charge is 0.451 e. The van der Waals surface area contributed by atoms with Crippen molar-refractivity contribution in [1.82, 2.24) is 25.2 Å². The number of hydrogen-bond acceptors (Lipinski definition) is 6. The monoisotopic (exact) mass is 594 g/mol. The average molecular weight is 595 g/mol. The second kappa shape index (κ2) is 12.9. The summed E-state index contributed by atoms with van der Waals surface area (Å²) in [4.78, 5) is 29.4. The lowest BCUT2D eigenvalue weighted by molar-refractivity contribution is -0.145. The lowest BCUT2D eigenvalue weighted by atomic mass is 9.93. The van der Waals surface area contributed by atoms with Crippen molar-refractivity contribution in [2.24, 2.45) is 0 Å². The van der Waals surface area contributed by atoms with Gasteiger partial charge in [-0.05, 0) is 56.9 Å². The van der Waals surface area contributed by atoms with Crippen molar-refractivity contribution < 1.29 is 22.4 Å². The van der Waals surface area contributed by atoms with Gasteiger partial charge in [0.05, 0.1) is 22.1 Å². The Kier molecular flexibility index (Phi) is 9.69. The molecule has 0 bridgehead atoms. The maximum Gasteiger partial charge on any atom is 0.451 e. The SMILES string of the molecule is CCCN(CCC)c1ccc2c(C(=O)NCC(c3cnc(C(F)(F)F)nc3)N3CCC(C)(F)CC3)c(Cl)ccc2n1. The zero-order valence-corrected chi connectivity index (χ0v) is 24.2. The van der Waals surface area contributed by atoms with Gasteiger partial charge in [0, 0.05) is 56.1 Å². The molecular formula is C29H35ClF4N6O. The van der Waals surface area contributed by atoms with Gasteiger partial charge < -0.3 is 10.2 Å².